The Morgan fingerprint density at radius 3 is 3.14 bits per heavy atom. The maximum atomic E-state index is 5.97. The molecule has 0 aromatic heterocycles. The highest BCUT2D eigenvalue weighted by Crippen LogP contribution is 2.38. The largest absolute Gasteiger partial charge is 0.454 e. The Morgan fingerprint density at radius 2 is 2.36 bits per heavy atom. The minimum absolute atomic E-state index is 0.0656. The Balaban J connectivity index is 2.34. The average molecular weight is 191 g/mol. The van der Waals surface area contributed by atoms with Crippen LogP contribution in [0, 0.1) is 0 Å². The minimum atomic E-state index is -0.0656. The quantitative estimate of drug-likeness (QED) is 0.743. The van der Waals surface area contributed by atoms with Crippen molar-refractivity contribution in [3.63, 3.8) is 0 Å². The van der Waals surface area contributed by atoms with Gasteiger partial charge in [0.1, 0.15) is 0 Å². The summed E-state index contributed by atoms with van der Waals surface area (Å²) in [6.45, 7) is 3.95. The zero-order valence-electron chi connectivity index (χ0n) is 7.90. The zero-order chi connectivity index (χ0) is 9.97. The van der Waals surface area contributed by atoms with Crippen molar-refractivity contribution in [1.29, 1.82) is 0 Å². The van der Waals surface area contributed by atoms with E-state index in [-0.39, 0.29) is 12.8 Å². The maximum absolute atomic E-state index is 5.97. The number of rotatable bonds is 3. The fraction of sp³-hybridized carbons (Fsp3) is 0.273. The number of benzene rings is 1. The van der Waals surface area contributed by atoms with Crippen LogP contribution >= 0.6 is 0 Å². The molecule has 1 aromatic rings. The van der Waals surface area contributed by atoms with Crippen LogP contribution in [0.2, 0.25) is 0 Å². The molecule has 3 nitrogen and oxygen atoms in total. The van der Waals surface area contributed by atoms with E-state index in [1.54, 1.807) is 6.08 Å². The van der Waals surface area contributed by atoms with E-state index in [4.69, 9.17) is 15.2 Å². The molecule has 0 amide bonds. The number of nitrogens with two attached hydrogens (primary N) is 1. The molecule has 3 heteroatoms. The molecule has 0 bridgehead atoms. The summed E-state index contributed by atoms with van der Waals surface area (Å²) >= 11 is 0. The molecule has 0 unspecified atom stereocenters. The maximum Gasteiger partial charge on any atom is 0.231 e. The molecule has 1 aliphatic heterocycles. The third-order valence-corrected chi connectivity index (χ3v) is 2.25. The fourth-order valence-corrected chi connectivity index (χ4v) is 1.55. The number of para-hydroxylation sites is 1. The van der Waals surface area contributed by atoms with Gasteiger partial charge in [-0.25, -0.2) is 0 Å². The number of hydrogen-bond acceptors (Lipinski definition) is 3. The van der Waals surface area contributed by atoms with E-state index in [0.717, 1.165) is 23.5 Å². The summed E-state index contributed by atoms with van der Waals surface area (Å²) in [5, 5.41) is 0. The molecule has 0 saturated carbocycles. The molecular formula is C11H13NO2. The molecule has 1 aliphatic rings. The smallest absolute Gasteiger partial charge is 0.231 e. The van der Waals surface area contributed by atoms with Crippen LogP contribution in [0.4, 0.5) is 0 Å². The summed E-state index contributed by atoms with van der Waals surface area (Å²) in [7, 11) is 0. The Hall–Kier alpha value is -1.48. The molecule has 1 aromatic carbocycles. The molecule has 0 aliphatic carbocycles. The summed E-state index contributed by atoms with van der Waals surface area (Å²) in [6.07, 6.45) is 2.54. The lowest BCUT2D eigenvalue weighted by atomic mass is 10.0. The van der Waals surface area contributed by atoms with E-state index in [0.29, 0.717) is 0 Å². The molecule has 0 fully saturated rings. The molecule has 2 N–H and O–H groups in total. The fourth-order valence-electron chi connectivity index (χ4n) is 1.55. The highest BCUT2D eigenvalue weighted by atomic mass is 16.7. The van der Waals surface area contributed by atoms with Gasteiger partial charge >= 0.3 is 0 Å². The van der Waals surface area contributed by atoms with Crippen molar-refractivity contribution < 1.29 is 9.47 Å². The monoisotopic (exact) mass is 191 g/mol. The summed E-state index contributed by atoms with van der Waals surface area (Å²) in [5.74, 6) is 1.56. The van der Waals surface area contributed by atoms with Crippen LogP contribution in [0.15, 0.2) is 30.9 Å². The Morgan fingerprint density at radius 1 is 1.50 bits per heavy atom. The van der Waals surface area contributed by atoms with Crippen molar-refractivity contribution in [1.82, 2.24) is 0 Å². The van der Waals surface area contributed by atoms with E-state index in [2.05, 4.69) is 6.58 Å². The van der Waals surface area contributed by atoms with Gasteiger partial charge in [0.05, 0.1) is 0 Å². The standard InChI is InChI=1S/C11H13NO2/c1-2-4-9(12)8-5-3-6-10-11(8)14-7-13-10/h2-3,5-6,9H,1,4,7,12H2/t9-/m1/s1. The molecule has 0 spiro atoms. The third kappa shape index (κ3) is 1.46. The van der Waals surface area contributed by atoms with Crippen molar-refractivity contribution >= 4 is 0 Å². The van der Waals surface area contributed by atoms with Crippen LogP contribution < -0.4 is 15.2 Å². The Bertz CT molecular complexity index is 349. The second-order valence-electron chi connectivity index (χ2n) is 3.21. The molecule has 1 heterocycles. The highest BCUT2D eigenvalue weighted by molar-refractivity contribution is 5.49. The average Bonchev–Trinajstić information content (AvgIpc) is 2.65. The van der Waals surface area contributed by atoms with Crippen molar-refractivity contribution in [3.05, 3.63) is 36.4 Å². The molecule has 1 atom stereocenters. The predicted octanol–water partition coefficient (Wildman–Crippen LogP) is 1.99. The van der Waals surface area contributed by atoms with Crippen LogP contribution in [-0.4, -0.2) is 6.79 Å². The van der Waals surface area contributed by atoms with E-state index in [1.807, 2.05) is 18.2 Å². The van der Waals surface area contributed by atoms with E-state index in [9.17, 15) is 0 Å². The lowest BCUT2D eigenvalue weighted by Crippen LogP contribution is -2.09. The zero-order valence-corrected chi connectivity index (χ0v) is 7.90. The van der Waals surface area contributed by atoms with Gasteiger partial charge in [-0.05, 0) is 12.5 Å². The van der Waals surface area contributed by atoms with Crippen molar-refractivity contribution in [2.45, 2.75) is 12.5 Å². The van der Waals surface area contributed by atoms with Crippen LogP contribution in [0.1, 0.15) is 18.0 Å². The Labute approximate surface area is 83.1 Å². The van der Waals surface area contributed by atoms with Gasteiger partial charge in [0.2, 0.25) is 6.79 Å². The Kier molecular flexibility index (Phi) is 2.41. The molecule has 2 rings (SSSR count). The van der Waals surface area contributed by atoms with Crippen LogP contribution in [-0.2, 0) is 0 Å². The number of hydrogen-bond donors (Lipinski definition) is 1. The van der Waals surface area contributed by atoms with Crippen LogP contribution in [0.3, 0.4) is 0 Å². The van der Waals surface area contributed by atoms with Gasteiger partial charge in [-0.3, -0.25) is 0 Å². The first-order valence-electron chi connectivity index (χ1n) is 4.58. The first-order chi connectivity index (χ1) is 6.83. The lowest BCUT2D eigenvalue weighted by Gasteiger charge is -2.11. The van der Waals surface area contributed by atoms with Gasteiger partial charge < -0.3 is 15.2 Å². The predicted molar refractivity (Wildman–Crippen MR) is 54.3 cm³/mol. The number of ether oxygens (including phenoxy) is 2. The van der Waals surface area contributed by atoms with Gasteiger partial charge in [-0.2, -0.15) is 0 Å². The van der Waals surface area contributed by atoms with Crippen LogP contribution in [0.5, 0.6) is 11.5 Å². The molecule has 0 saturated heterocycles. The normalized spacial score (nSPS) is 15.2. The number of fused-ring (bicyclic) bond motifs is 1. The summed E-state index contributed by atoms with van der Waals surface area (Å²) in [4.78, 5) is 0. The molecular weight excluding hydrogens is 178 g/mol. The topological polar surface area (TPSA) is 44.5 Å². The van der Waals surface area contributed by atoms with Crippen molar-refractivity contribution in [2.75, 3.05) is 6.79 Å². The lowest BCUT2D eigenvalue weighted by molar-refractivity contribution is 0.173. The van der Waals surface area contributed by atoms with Crippen molar-refractivity contribution in [2.24, 2.45) is 5.73 Å². The molecule has 14 heavy (non-hydrogen) atoms. The second kappa shape index (κ2) is 3.72. The summed E-state index contributed by atoms with van der Waals surface area (Å²) < 4.78 is 10.6. The van der Waals surface area contributed by atoms with Crippen molar-refractivity contribution in [3.8, 4) is 11.5 Å². The molecule has 0 radical (unpaired) electrons. The summed E-state index contributed by atoms with van der Waals surface area (Å²) in [6, 6.07) is 5.70. The SMILES string of the molecule is C=CC[C@@H](N)c1cccc2c1OCO2. The minimum Gasteiger partial charge on any atom is -0.454 e. The van der Waals surface area contributed by atoms with Gasteiger partial charge in [-0.1, -0.05) is 18.2 Å². The van der Waals surface area contributed by atoms with Gasteiger partial charge in [0.15, 0.2) is 11.5 Å². The van der Waals surface area contributed by atoms with E-state index in [1.165, 1.54) is 0 Å². The van der Waals surface area contributed by atoms with Gasteiger partial charge in [0.25, 0.3) is 0 Å². The molecule has 74 valence electrons. The van der Waals surface area contributed by atoms with Gasteiger partial charge in [-0.15, -0.1) is 6.58 Å². The van der Waals surface area contributed by atoms with Crippen LogP contribution in [0.25, 0.3) is 0 Å². The van der Waals surface area contributed by atoms with E-state index >= 15 is 0 Å². The first-order valence-corrected chi connectivity index (χ1v) is 4.58. The first kappa shape index (κ1) is 9.09. The summed E-state index contributed by atoms with van der Waals surface area (Å²) in [5.41, 5.74) is 6.96. The third-order valence-electron chi connectivity index (χ3n) is 2.25. The van der Waals surface area contributed by atoms with Gasteiger partial charge in [0, 0.05) is 11.6 Å². The highest BCUT2D eigenvalue weighted by Gasteiger charge is 2.20. The van der Waals surface area contributed by atoms with E-state index < -0.39 is 0 Å². The second-order valence-corrected chi connectivity index (χ2v) is 3.21.